The highest BCUT2D eigenvalue weighted by atomic mass is 35.5. The molecule has 1 aromatic carbocycles. The molecule has 3 rings (SSSR count). The third kappa shape index (κ3) is 3.93. The van der Waals surface area contributed by atoms with E-state index in [-0.39, 0.29) is 15.9 Å². The minimum atomic E-state index is -3.71. The second kappa shape index (κ2) is 7.40. The summed E-state index contributed by atoms with van der Waals surface area (Å²) < 4.78 is 30.5. The van der Waals surface area contributed by atoms with Crippen LogP contribution in [-0.4, -0.2) is 23.3 Å². The number of phenols is 1. The molecule has 0 aliphatic carbocycles. The second-order valence-corrected chi connectivity index (χ2v) is 9.74. The SMILES string of the molecule is CC(C)[C@H](NS(=O)(=O)c1ccc(Cl)s1)c1ccnn1-c1ccc(O)cc1. The summed E-state index contributed by atoms with van der Waals surface area (Å²) in [6, 6.07) is 10.9. The van der Waals surface area contributed by atoms with Gasteiger partial charge in [-0.1, -0.05) is 25.4 Å². The van der Waals surface area contributed by atoms with Gasteiger partial charge in [0.15, 0.2) is 0 Å². The molecule has 0 unspecified atom stereocenters. The molecule has 0 amide bonds. The van der Waals surface area contributed by atoms with Gasteiger partial charge in [0.25, 0.3) is 10.0 Å². The van der Waals surface area contributed by atoms with Crippen LogP contribution in [-0.2, 0) is 10.0 Å². The lowest BCUT2D eigenvalue weighted by Gasteiger charge is -2.23. The van der Waals surface area contributed by atoms with Gasteiger partial charge < -0.3 is 5.11 Å². The molecule has 3 aromatic rings. The van der Waals surface area contributed by atoms with E-state index in [9.17, 15) is 13.5 Å². The molecule has 6 nitrogen and oxygen atoms in total. The molecule has 138 valence electrons. The van der Waals surface area contributed by atoms with Crippen molar-refractivity contribution in [1.29, 1.82) is 0 Å². The van der Waals surface area contributed by atoms with E-state index in [0.717, 1.165) is 17.0 Å². The van der Waals surface area contributed by atoms with Crippen molar-refractivity contribution in [3.63, 3.8) is 0 Å². The molecule has 26 heavy (non-hydrogen) atoms. The number of thiophene rings is 1. The molecule has 2 heterocycles. The van der Waals surface area contributed by atoms with E-state index in [4.69, 9.17) is 11.6 Å². The monoisotopic (exact) mass is 411 g/mol. The van der Waals surface area contributed by atoms with Gasteiger partial charge in [0.05, 0.1) is 21.8 Å². The maximum atomic E-state index is 12.7. The summed E-state index contributed by atoms with van der Waals surface area (Å²) in [6.45, 7) is 3.87. The summed E-state index contributed by atoms with van der Waals surface area (Å²) in [5.41, 5.74) is 1.43. The average Bonchev–Trinajstić information content (AvgIpc) is 3.22. The standard InChI is InChI=1S/C17H18ClN3O3S2/c1-11(2)17(20-26(23,24)16-8-7-15(18)25-16)14-9-10-19-21(14)12-3-5-13(22)6-4-12/h3-11,17,20,22H,1-2H3/t17-/m0/s1. The Morgan fingerprint density at radius 2 is 1.85 bits per heavy atom. The van der Waals surface area contributed by atoms with Crippen LogP contribution >= 0.6 is 22.9 Å². The molecule has 0 aliphatic heterocycles. The molecule has 0 spiro atoms. The van der Waals surface area contributed by atoms with Crippen molar-refractivity contribution in [2.45, 2.75) is 24.1 Å². The van der Waals surface area contributed by atoms with Crippen molar-refractivity contribution in [2.75, 3.05) is 0 Å². The maximum Gasteiger partial charge on any atom is 0.250 e. The normalized spacial score (nSPS) is 13.2. The van der Waals surface area contributed by atoms with Crippen LogP contribution in [0.25, 0.3) is 5.69 Å². The quantitative estimate of drug-likeness (QED) is 0.642. The van der Waals surface area contributed by atoms with Crippen LogP contribution in [0.3, 0.4) is 0 Å². The minimum absolute atomic E-state index is 0.0206. The molecule has 1 atom stereocenters. The Balaban J connectivity index is 1.97. The number of benzene rings is 1. The third-order valence-electron chi connectivity index (χ3n) is 3.85. The predicted molar refractivity (Wildman–Crippen MR) is 102 cm³/mol. The zero-order chi connectivity index (χ0) is 18.9. The van der Waals surface area contributed by atoms with Crippen molar-refractivity contribution in [3.8, 4) is 11.4 Å². The van der Waals surface area contributed by atoms with E-state index in [2.05, 4.69) is 9.82 Å². The smallest absolute Gasteiger partial charge is 0.250 e. The third-order valence-corrected chi connectivity index (χ3v) is 7.01. The Morgan fingerprint density at radius 3 is 2.42 bits per heavy atom. The Labute approximate surface area is 161 Å². The summed E-state index contributed by atoms with van der Waals surface area (Å²) in [6.07, 6.45) is 1.62. The molecule has 0 fully saturated rings. The molecule has 2 aromatic heterocycles. The van der Waals surface area contributed by atoms with E-state index >= 15 is 0 Å². The van der Waals surface area contributed by atoms with E-state index in [0.29, 0.717) is 10.0 Å². The van der Waals surface area contributed by atoms with Crippen LogP contribution in [0, 0.1) is 5.92 Å². The molecular formula is C17H18ClN3O3S2. The molecule has 0 radical (unpaired) electrons. The number of sulfonamides is 1. The molecule has 0 saturated carbocycles. The summed E-state index contributed by atoms with van der Waals surface area (Å²) in [7, 11) is -3.71. The van der Waals surface area contributed by atoms with Gasteiger partial charge in [-0.15, -0.1) is 11.3 Å². The largest absolute Gasteiger partial charge is 0.508 e. The first kappa shape index (κ1) is 18.9. The van der Waals surface area contributed by atoms with Crippen LogP contribution < -0.4 is 4.72 Å². The van der Waals surface area contributed by atoms with Gasteiger partial charge in [0.2, 0.25) is 0 Å². The Bertz CT molecular complexity index is 994. The van der Waals surface area contributed by atoms with E-state index in [1.54, 1.807) is 47.3 Å². The summed E-state index contributed by atoms with van der Waals surface area (Å²) in [5.74, 6) is 0.130. The summed E-state index contributed by atoms with van der Waals surface area (Å²) >= 11 is 6.89. The molecule has 0 bridgehead atoms. The number of halogens is 1. The zero-order valence-electron chi connectivity index (χ0n) is 14.1. The van der Waals surface area contributed by atoms with Crippen molar-refractivity contribution >= 4 is 33.0 Å². The van der Waals surface area contributed by atoms with Gasteiger partial charge in [0.1, 0.15) is 9.96 Å². The van der Waals surface area contributed by atoms with Gasteiger partial charge >= 0.3 is 0 Å². The van der Waals surface area contributed by atoms with Crippen molar-refractivity contribution < 1.29 is 13.5 Å². The first-order chi connectivity index (χ1) is 12.3. The summed E-state index contributed by atoms with van der Waals surface area (Å²) in [5, 5.41) is 13.8. The summed E-state index contributed by atoms with van der Waals surface area (Å²) in [4.78, 5) is 0. The fourth-order valence-electron chi connectivity index (χ4n) is 2.56. The molecule has 2 N–H and O–H groups in total. The van der Waals surface area contributed by atoms with Crippen molar-refractivity contribution in [3.05, 3.63) is 58.7 Å². The van der Waals surface area contributed by atoms with Crippen LogP contribution in [0.4, 0.5) is 0 Å². The van der Waals surface area contributed by atoms with Crippen LogP contribution in [0.1, 0.15) is 25.6 Å². The lowest BCUT2D eigenvalue weighted by atomic mass is 10.0. The average molecular weight is 412 g/mol. The lowest BCUT2D eigenvalue weighted by molar-refractivity contribution is 0.445. The van der Waals surface area contributed by atoms with Gasteiger partial charge in [-0.2, -0.15) is 5.10 Å². The Hall–Kier alpha value is -1.87. The number of aromatic nitrogens is 2. The number of nitrogens with one attached hydrogen (secondary N) is 1. The van der Waals surface area contributed by atoms with E-state index < -0.39 is 16.1 Å². The second-order valence-electron chi connectivity index (χ2n) is 6.09. The highest BCUT2D eigenvalue weighted by Crippen LogP contribution is 2.30. The van der Waals surface area contributed by atoms with E-state index in [1.807, 2.05) is 13.8 Å². The van der Waals surface area contributed by atoms with Gasteiger partial charge in [-0.25, -0.2) is 17.8 Å². The number of hydrogen-bond donors (Lipinski definition) is 2. The van der Waals surface area contributed by atoms with Crippen LogP contribution in [0.5, 0.6) is 5.75 Å². The predicted octanol–water partition coefficient (Wildman–Crippen LogP) is 3.97. The van der Waals surface area contributed by atoms with Crippen molar-refractivity contribution in [2.24, 2.45) is 5.92 Å². The highest BCUT2D eigenvalue weighted by molar-refractivity contribution is 7.91. The number of hydrogen-bond acceptors (Lipinski definition) is 5. The minimum Gasteiger partial charge on any atom is -0.508 e. The Kier molecular flexibility index (Phi) is 5.38. The number of aromatic hydroxyl groups is 1. The van der Waals surface area contributed by atoms with Gasteiger partial charge in [0, 0.05) is 6.20 Å². The molecular weight excluding hydrogens is 394 g/mol. The fraction of sp³-hybridized carbons (Fsp3) is 0.235. The number of nitrogens with zero attached hydrogens (tertiary/aromatic N) is 2. The fourth-order valence-corrected chi connectivity index (χ4v) is 5.42. The maximum absolute atomic E-state index is 12.7. The lowest BCUT2D eigenvalue weighted by Crippen LogP contribution is -2.32. The Morgan fingerprint density at radius 1 is 1.15 bits per heavy atom. The van der Waals surface area contributed by atoms with Gasteiger partial charge in [-0.3, -0.25) is 0 Å². The molecule has 0 aliphatic rings. The topological polar surface area (TPSA) is 84.2 Å². The molecule has 9 heteroatoms. The number of rotatable bonds is 6. The highest BCUT2D eigenvalue weighted by Gasteiger charge is 2.27. The first-order valence-electron chi connectivity index (χ1n) is 7.89. The van der Waals surface area contributed by atoms with Gasteiger partial charge in [-0.05, 0) is 48.4 Å². The van der Waals surface area contributed by atoms with Crippen LogP contribution in [0.15, 0.2) is 52.9 Å². The molecule has 0 saturated heterocycles. The zero-order valence-corrected chi connectivity index (χ0v) is 16.5. The van der Waals surface area contributed by atoms with Crippen LogP contribution in [0.2, 0.25) is 4.34 Å². The van der Waals surface area contributed by atoms with Crippen molar-refractivity contribution in [1.82, 2.24) is 14.5 Å². The van der Waals surface area contributed by atoms with E-state index in [1.165, 1.54) is 6.07 Å². The number of phenolic OH excluding ortho intramolecular Hbond substituents is 1. The first-order valence-corrected chi connectivity index (χ1v) is 10.6.